The van der Waals surface area contributed by atoms with E-state index in [2.05, 4.69) is 71.7 Å². The van der Waals surface area contributed by atoms with Gasteiger partial charge in [0.2, 0.25) is 11.0 Å². The number of benzene rings is 3. The summed E-state index contributed by atoms with van der Waals surface area (Å²) in [5.41, 5.74) is 2.37. The highest BCUT2D eigenvalue weighted by Crippen LogP contribution is 2.25. The van der Waals surface area contributed by atoms with E-state index in [-0.39, 0.29) is 12.4 Å². The maximum atomic E-state index is 3.50. The van der Waals surface area contributed by atoms with Crippen LogP contribution in [0.4, 0.5) is 0 Å². The Kier molecular flexibility index (Phi) is 2.84. The van der Waals surface area contributed by atoms with Crippen molar-refractivity contribution in [1.29, 1.82) is 0 Å². The van der Waals surface area contributed by atoms with E-state index in [0.717, 1.165) is 0 Å². The highest BCUT2D eigenvalue weighted by atomic mass is 35.5. The molecule has 2 heteroatoms. The monoisotopic (exact) mass is 265 g/mol. The fraction of sp³-hybridized carbons (Fsp3) is 0. The van der Waals surface area contributed by atoms with Crippen LogP contribution in [-0.4, -0.2) is 0 Å². The summed E-state index contributed by atoms with van der Waals surface area (Å²) >= 11 is 0. The van der Waals surface area contributed by atoms with Gasteiger partial charge in [0.1, 0.15) is 0 Å². The molecule has 0 fully saturated rings. The second kappa shape index (κ2) is 4.52. The van der Waals surface area contributed by atoms with Crippen LogP contribution in [-0.2, 0) is 0 Å². The number of hydrogen-bond acceptors (Lipinski definition) is 0. The van der Waals surface area contributed by atoms with Gasteiger partial charge in [0.15, 0.2) is 0 Å². The van der Waals surface area contributed by atoms with Crippen LogP contribution >= 0.6 is 0 Å². The van der Waals surface area contributed by atoms with Gasteiger partial charge < -0.3 is 12.4 Å². The first-order chi connectivity index (χ1) is 8.92. The highest BCUT2D eigenvalue weighted by Gasteiger charge is 2.07. The first kappa shape index (κ1) is 11.9. The van der Waals surface area contributed by atoms with Crippen LogP contribution in [0.15, 0.2) is 66.7 Å². The van der Waals surface area contributed by atoms with Gasteiger partial charge in [-0.1, -0.05) is 36.4 Å². The minimum absolute atomic E-state index is 0. The Morgan fingerprint density at radius 1 is 0.579 bits per heavy atom. The van der Waals surface area contributed by atoms with E-state index in [4.69, 9.17) is 0 Å². The number of para-hydroxylation sites is 1. The molecular weight excluding hydrogens is 254 g/mol. The Labute approximate surface area is 117 Å². The zero-order valence-electron chi connectivity index (χ0n) is 10.2. The van der Waals surface area contributed by atoms with Crippen molar-refractivity contribution in [1.82, 2.24) is 0 Å². The van der Waals surface area contributed by atoms with Crippen LogP contribution in [0, 0.1) is 0 Å². The fourth-order valence-electron chi connectivity index (χ4n) is 2.60. The van der Waals surface area contributed by atoms with Gasteiger partial charge in [0, 0.05) is 17.5 Å². The number of aromatic nitrogens is 1. The molecule has 92 valence electrons. The van der Waals surface area contributed by atoms with E-state index in [9.17, 15) is 0 Å². The topological polar surface area (TPSA) is 14.1 Å². The molecule has 4 rings (SSSR count). The number of H-pyrrole nitrogens is 1. The number of nitrogens with one attached hydrogen (secondary N) is 1. The smallest absolute Gasteiger partial charge is 0.211 e. The molecular formula is C17H12ClN. The van der Waals surface area contributed by atoms with Gasteiger partial charge in [-0.2, -0.15) is 0 Å². The summed E-state index contributed by atoms with van der Waals surface area (Å²) in [5, 5.41) is 5.12. The lowest BCUT2D eigenvalue weighted by molar-refractivity contribution is -0.310. The maximum absolute atomic E-state index is 3.50. The van der Waals surface area contributed by atoms with Crippen LogP contribution in [0.2, 0.25) is 0 Å². The average Bonchev–Trinajstić information content (AvgIpc) is 2.45. The molecule has 0 aliphatic heterocycles. The van der Waals surface area contributed by atoms with Gasteiger partial charge in [-0.3, -0.25) is 0 Å². The number of pyridine rings is 1. The van der Waals surface area contributed by atoms with Crippen molar-refractivity contribution < 1.29 is 17.4 Å². The van der Waals surface area contributed by atoms with E-state index < -0.39 is 0 Å². The normalized spacial score (nSPS) is 10.7. The summed E-state index contributed by atoms with van der Waals surface area (Å²) < 4.78 is 0. The number of hydrogen-bond donors (Lipinski definition) is 0. The van der Waals surface area contributed by atoms with Crippen molar-refractivity contribution in [2.75, 3.05) is 0 Å². The molecule has 1 nitrogen and oxygen atoms in total. The zero-order valence-corrected chi connectivity index (χ0v) is 11.0. The molecule has 0 aliphatic carbocycles. The molecule has 0 atom stereocenters. The molecule has 0 bridgehead atoms. The van der Waals surface area contributed by atoms with Gasteiger partial charge in [-0.05, 0) is 29.0 Å². The Balaban J connectivity index is 0.00000110. The molecule has 1 N–H and O–H groups in total. The third kappa shape index (κ3) is 1.83. The molecule has 19 heavy (non-hydrogen) atoms. The Morgan fingerprint density at radius 3 is 2.21 bits per heavy atom. The van der Waals surface area contributed by atoms with Crippen LogP contribution in [0.5, 0.6) is 0 Å². The number of aromatic amines is 1. The Morgan fingerprint density at radius 2 is 1.32 bits per heavy atom. The summed E-state index contributed by atoms with van der Waals surface area (Å²) in [5.74, 6) is 0. The molecule has 1 aromatic heterocycles. The summed E-state index contributed by atoms with van der Waals surface area (Å²) in [6.07, 6.45) is 0. The molecule has 0 spiro atoms. The van der Waals surface area contributed by atoms with Gasteiger partial charge >= 0.3 is 0 Å². The average molecular weight is 266 g/mol. The van der Waals surface area contributed by atoms with Crippen LogP contribution in [0.1, 0.15) is 0 Å². The first-order valence-electron chi connectivity index (χ1n) is 6.14. The number of rotatable bonds is 0. The van der Waals surface area contributed by atoms with Crippen molar-refractivity contribution in [2.24, 2.45) is 0 Å². The van der Waals surface area contributed by atoms with Crippen LogP contribution < -0.4 is 17.4 Å². The maximum Gasteiger partial charge on any atom is 0.211 e. The van der Waals surface area contributed by atoms with Crippen LogP contribution in [0.25, 0.3) is 32.6 Å². The number of halogens is 1. The van der Waals surface area contributed by atoms with Crippen molar-refractivity contribution in [3.05, 3.63) is 66.7 Å². The predicted octanol–water partition coefficient (Wildman–Crippen LogP) is 0.964. The van der Waals surface area contributed by atoms with E-state index in [1.165, 1.54) is 32.6 Å². The lowest BCUT2D eigenvalue weighted by Crippen LogP contribution is -3.00. The minimum Gasteiger partial charge on any atom is -1.00 e. The first-order valence-corrected chi connectivity index (χ1v) is 6.14. The summed E-state index contributed by atoms with van der Waals surface area (Å²) in [7, 11) is 0. The van der Waals surface area contributed by atoms with E-state index in [1.807, 2.05) is 0 Å². The zero-order chi connectivity index (χ0) is 11.9. The number of fused-ring (bicyclic) bond motifs is 4. The predicted molar refractivity (Wildman–Crippen MR) is 75.5 cm³/mol. The molecule has 0 saturated heterocycles. The molecule has 3 aromatic carbocycles. The summed E-state index contributed by atoms with van der Waals surface area (Å²) in [6.45, 7) is 0. The van der Waals surface area contributed by atoms with Crippen molar-refractivity contribution in [3.8, 4) is 0 Å². The molecule has 1 heterocycles. The molecule has 0 unspecified atom stereocenters. The van der Waals surface area contributed by atoms with E-state index in [1.54, 1.807) is 0 Å². The minimum atomic E-state index is 0. The third-order valence-electron chi connectivity index (χ3n) is 3.50. The van der Waals surface area contributed by atoms with Crippen molar-refractivity contribution in [3.63, 3.8) is 0 Å². The Hall–Kier alpha value is -2.12. The van der Waals surface area contributed by atoms with Gasteiger partial charge in [0.25, 0.3) is 0 Å². The third-order valence-corrected chi connectivity index (χ3v) is 3.50. The SMILES string of the molecule is [Cl-].c1ccc2[nH+]c3ccc4ccccc4c3cc2c1. The summed E-state index contributed by atoms with van der Waals surface area (Å²) in [6, 6.07) is 23.5. The fourth-order valence-corrected chi connectivity index (χ4v) is 2.60. The second-order valence-corrected chi connectivity index (χ2v) is 4.60. The summed E-state index contributed by atoms with van der Waals surface area (Å²) in [4.78, 5) is 3.50. The molecule has 4 aromatic rings. The highest BCUT2D eigenvalue weighted by molar-refractivity contribution is 6.07. The van der Waals surface area contributed by atoms with E-state index >= 15 is 0 Å². The Bertz CT molecular complexity index is 877. The lowest BCUT2D eigenvalue weighted by atomic mass is 10.0. The molecule has 0 aliphatic rings. The largest absolute Gasteiger partial charge is 1.00 e. The molecule has 0 saturated carbocycles. The lowest BCUT2D eigenvalue weighted by Gasteiger charge is -2.01. The van der Waals surface area contributed by atoms with Gasteiger partial charge in [-0.15, -0.1) is 0 Å². The van der Waals surface area contributed by atoms with Crippen molar-refractivity contribution >= 4 is 32.6 Å². The van der Waals surface area contributed by atoms with Gasteiger partial charge in [0.05, 0.1) is 5.39 Å². The van der Waals surface area contributed by atoms with Crippen molar-refractivity contribution in [2.45, 2.75) is 0 Å². The molecule has 0 amide bonds. The standard InChI is InChI=1S/C17H11N.ClH/c1-3-7-14-12(5-1)9-10-17-15(14)11-13-6-2-4-8-16(13)18-17;/h1-11H;1H. The molecule has 0 radical (unpaired) electrons. The second-order valence-electron chi connectivity index (χ2n) is 4.60. The van der Waals surface area contributed by atoms with Crippen LogP contribution in [0.3, 0.4) is 0 Å². The van der Waals surface area contributed by atoms with Gasteiger partial charge in [-0.25, -0.2) is 4.98 Å². The van der Waals surface area contributed by atoms with E-state index in [0.29, 0.717) is 0 Å². The quantitative estimate of drug-likeness (QED) is 0.332.